The second kappa shape index (κ2) is 5.32. The van der Waals surface area contributed by atoms with E-state index >= 15 is 0 Å². The third kappa shape index (κ3) is 6.06. The van der Waals surface area contributed by atoms with E-state index in [4.69, 9.17) is 10.6 Å². The highest BCUT2D eigenvalue weighted by atomic mass is 31.2. The molecule has 0 aliphatic carbocycles. The second-order valence-corrected chi connectivity index (χ2v) is 3.07. The van der Waals surface area contributed by atoms with Gasteiger partial charge in [-0.3, -0.25) is 9.42 Å². The van der Waals surface area contributed by atoms with Crippen LogP contribution in [0.5, 0.6) is 0 Å². The number of allylic oxidation sites excluding steroid dienone is 1. The molecule has 0 rings (SSSR count). The van der Waals surface area contributed by atoms with E-state index in [1.54, 1.807) is 6.92 Å². The van der Waals surface area contributed by atoms with Crippen LogP contribution in [0, 0.1) is 0 Å². The van der Waals surface area contributed by atoms with Crippen LogP contribution in [0.2, 0.25) is 0 Å². The van der Waals surface area contributed by atoms with Gasteiger partial charge in [0.05, 0.1) is 12.9 Å². The van der Waals surface area contributed by atoms with E-state index in [2.05, 4.69) is 9.05 Å². The number of nitrogens with two attached hydrogens (primary N) is 1. The van der Waals surface area contributed by atoms with E-state index in [1.165, 1.54) is 6.08 Å². The van der Waals surface area contributed by atoms with Crippen LogP contribution in [0.1, 0.15) is 6.92 Å². The number of hydrogen-bond donors (Lipinski definition) is 2. The Balaban J connectivity index is 3.71. The molecule has 0 heterocycles. The molecular weight excluding hydrogens is 169 g/mol. The van der Waals surface area contributed by atoms with Crippen molar-refractivity contribution < 1.29 is 18.5 Å². The Hall–Kier alpha value is -0.350. The van der Waals surface area contributed by atoms with Crippen LogP contribution in [0.15, 0.2) is 12.3 Å². The SMILES string of the molecule is CC=COP(=O)(O)OCCN. The zero-order chi connectivity index (χ0) is 8.74. The molecule has 0 aliphatic rings. The highest BCUT2D eigenvalue weighted by molar-refractivity contribution is 7.47. The Labute approximate surface area is 65.4 Å². The van der Waals surface area contributed by atoms with E-state index in [-0.39, 0.29) is 13.2 Å². The molecule has 0 aromatic rings. The summed E-state index contributed by atoms with van der Waals surface area (Å²) in [6, 6.07) is 0. The van der Waals surface area contributed by atoms with Crippen molar-refractivity contribution in [2.45, 2.75) is 6.92 Å². The summed E-state index contributed by atoms with van der Waals surface area (Å²) in [4.78, 5) is 8.78. The molecule has 6 heteroatoms. The Morgan fingerprint density at radius 1 is 1.73 bits per heavy atom. The number of phosphoric ester groups is 1. The van der Waals surface area contributed by atoms with E-state index in [0.29, 0.717) is 0 Å². The van der Waals surface area contributed by atoms with Crippen LogP contribution in [0.25, 0.3) is 0 Å². The molecule has 3 N–H and O–H groups in total. The van der Waals surface area contributed by atoms with Crippen LogP contribution in [-0.4, -0.2) is 18.0 Å². The van der Waals surface area contributed by atoms with Gasteiger partial charge in [-0.05, 0) is 6.92 Å². The predicted molar refractivity (Wildman–Crippen MR) is 40.7 cm³/mol. The third-order valence-corrected chi connectivity index (χ3v) is 1.60. The van der Waals surface area contributed by atoms with E-state index < -0.39 is 7.82 Å². The lowest BCUT2D eigenvalue weighted by molar-refractivity contribution is 0.192. The van der Waals surface area contributed by atoms with Crippen molar-refractivity contribution in [3.8, 4) is 0 Å². The van der Waals surface area contributed by atoms with Gasteiger partial charge in [-0.15, -0.1) is 0 Å². The van der Waals surface area contributed by atoms with Gasteiger partial charge in [-0.2, -0.15) is 0 Å². The minimum absolute atomic E-state index is 0.00529. The lowest BCUT2D eigenvalue weighted by Gasteiger charge is -2.08. The molecule has 11 heavy (non-hydrogen) atoms. The molecule has 0 saturated heterocycles. The minimum atomic E-state index is -3.89. The molecule has 0 saturated carbocycles. The summed E-state index contributed by atoms with van der Waals surface area (Å²) < 4.78 is 19.5. The van der Waals surface area contributed by atoms with E-state index in [1.807, 2.05) is 0 Å². The number of hydrogen-bond acceptors (Lipinski definition) is 4. The van der Waals surface area contributed by atoms with Crippen LogP contribution in [0.4, 0.5) is 0 Å². The van der Waals surface area contributed by atoms with Crippen LogP contribution >= 0.6 is 7.82 Å². The zero-order valence-electron chi connectivity index (χ0n) is 6.27. The molecule has 0 aromatic heterocycles. The summed E-state index contributed by atoms with van der Waals surface area (Å²) in [6.45, 7) is 1.85. The summed E-state index contributed by atoms with van der Waals surface area (Å²) in [7, 11) is -3.89. The van der Waals surface area contributed by atoms with Gasteiger partial charge in [0.1, 0.15) is 0 Å². The molecule has 0 amide bonds. The molecule has 66 valence electrons. The summed E-state index contributed by atoms with van der Waals surface area (Å²) in [5, 5.41) is 0. The monoisotopic (exact) mass is 181 g/mol. The minimum Gasteiger partial charge on any atom is -0.412 e. The molecule has 1 atom stereocenters. The van der Waals surface area contributed by atoms with Crippen LogP contribution in [-0.2, 0) is 13.6 Å². The quantitative estimate of drug-likeness (QED) is 0.479. The van der Waals surface area contributed by atoms with Gasteiger partial charge in [0.15, 0.2) is 0 Å². The van der Waals surface area contributed by atoms with Gasteiger partial charge >= 0.3 is 7.82 Å². The van der Waals surface area contributed by atoms with E-state index in [9.17, 15) is 4.57 Å². The number of phosphoric acid groups is 1. The lowest BCUT2D eigenvalue weighted by atomic mass is 10.8. The number of rotatable bonds is 5. The van der Waals surface area contributed by atoms with Gasteiger partial charge in [-0.25, -0.2) is 4.57 Å². The Morgan fingerprint density at radius 2 is 2.36 bits per heavy atom. The van der Waals surface area contributed by atoms with Gasteiger partial charge in [0.25, 0.3) is 0 Å². The zero-order valence-corrected chi connectivity index (χ0v) is 7.16. The van der Waals surface area contributed by atoms with Gasteiger partial charge < -0.3 is 10.3 Å². The molecule has 0 fully saturated rings. The van der Waals surface area contributed by atoms with Crippen molar-refractivity contribution in [1.82, 2.24) is 0 Å². The first-order valence-electron chi connectivity index (χ1n) is 3.09. The maximum absolute atomic E-state index is 10.7. The van der Waals surface area contributed by atoms with Crippen LogP contribution in [0.3, 0.4) is 0 Å². The summed E-state index contributed by atoms with van der Waals surface area (Å²) in [5.41, 5.74) is 5.03. The van der Waals surface area contributed by atoms with Crippen LogP contribution < -0.4 is 5.73 Å². The molecule has 0 aromatic carbocycles. The van der Waals surface area contributed by atoms with Crippen molar-refractivity contribution in [2.24, 2.45) is 5.73 Å². The maximum Gasteiger partial charge on any atom is 0.526 e. The Kier molecular flexibility index (Phi) is 5.15. The standard InChI is InChI=1S/C5H12NO4P/c1-2-4-9-11(7,8)10-5-3-6/h2,4H,3,5-6H2,1H3,(H,7,8). The molecular formula is C5H12NO4P. The highest BCUT2D eigenvalue weighted by Crippen LogP contribution is 2.42. The van der Waals surface area contributed by atoms with Crippen molar-refractivity contribution in [2.75, 3.05) is 13.2 Å². The topological polar surface area (TPSA) is 81.8 Å². The molecule has 0 bridgehead atoms. The first-order valence-corrected chi connectivity index (χ1v) is 4.59. The summed E-state index contributed by atoms with van der Waals surface area (Å²) in [5.74, 6) is 0. The largest absolute Gasteiger partial charge is 0.526 e. The van der Waals surface area contributed by atoms with Gasteiger partial charge in [0, 0.05) is 6.54 Å². The Bertz CT molecular complexity index is 170. The van der Waals surface area contributed by atoms with Crippen molar-refractivity contribution in [3.05, 3.63) is 12.3 Å². The average molecular weight is 181 g/mol. The fraction of sp³-hybridized carbons (Fsp3) is 0.600. The van der Waals surface area contributed by atoms with Crippen molar-refractivity contribution in [1.29, 1.82) is 0 Å². The molecule has 0 radical (unpaired) electrons. The first kappa shape index (κ1) is 10.7. The van der Waals surface area contributed by atoms with Gasteiger partial charge in [0.2, 0.25) is 0 Å². The predicted octanol–water partition coefficient (Wildman–Crippen LogP) is 0.612. The maximum atomic E-state index is 10.7. The fourth-order valence-corrected chi connectivity index (χ4v) is 1.01. The molecule has 5 nitrogen and oxygen atoms in total. The second-order valence-electron chi connectivity index (χ2n) is 1.67. The Morgan fingerprint density at radius 3 is 2.82 bits per heavy atom. The van der Waals surface area contributed by atoms with E-state index in [0.717, 1.165) is 6.26 Å². The fourth-order valence-electron chi connectivity index (χ4n) is 0.336. The third-order valence-electron chi connectivity index (χ3n) is 0.702. The normalized spacial score (nSPS) is 16.6. The molecule has 0 aliphatic heterocycles. The highest BCUT2D eigenvalue weighted by Gasteiger charge is 2.19. The first-order chi connectivity index (χ1) is 5.12. The summed E-state index contributed by atoms with van der Waals surface area (Å²) >= 11 is 0. The lowest BCUT2D eigenvalue weighted by Crippen LogP contribution is -2.07. The molecule has 1 unspecified atom stereocenters. The van der Waals surface area contributed by atoms with Crippen molar-refractivity contribution >= 4 is 7.82 Å². The smallest absolute Gasteiger partial charge is 0.412 e. The van der Waals surface area contributed by atoms with Crippen molar-refractivity contribution in [3.63, 3.8) is 0 Å². The summed E-state index contributed by atoms with van der Waals surface area (Å²) in [6.07, 6.45) is 2.58. The molecule has 0 spiro atoms. The average Bonchev–Trinajstić information content (AvgIpc) is 1.97. The van der Waals surface area contributed by atoms with Gasteiger partial charge in [-0.1, -0.05) is 6.08 Å².